The molecule has 15 rings (SSSR count). The molecule has 5 aromatic carbocycles. The molecule has 29 nitrogen and oxygen atoms in total. The summed E-state index contributed by atoms with van der Waals surface area (Å²) in [4.78, 5) is 73.4. The van der Waals surface area contributed by atoms with Gasteiger partial charge in [0.15, 0.2) is 29.5 Å². The molecule has 4 saturated heterocycles. The number of hydrogen-bond acceptors (Lipinski definition) is 19. The monoisotopic (exact) mass is 1990 g/mol. The van der Waals surface area contributed by atoms with Crippen molar-refractivity contribution >= 4 is 132 Å². The first-order valence-electron chi connectivity index (χ1n) is 45.4. The lowest BCUT2D eigenvalue weighted by molar-refractivity contribution is 0.0715. The standard InChI is InChI=1S/C20H27ClN4O2S.C20H26FN3O.2C19H24ClN3O3S.C18H23ClN4O3S/c1-14-11-19(24-23-14)20(26)25(13-16-12-17(22)3-4-18(16)21)8-5-15-6-9-28(2,27)10-7-15;1-15-13-19(23-22-15)20(25)24(12-11-16-7-3-2-4-8-16)14-17-9-5-6-10-18(17)21;2*1-13-4-3-5-16(18(13)20)11-23(19(24)17-10-14(2)21-22-17)8-6-15-7-9-27(25,26)12-15;1-12-8-17(22-21-12)18(24)23(6-4-13-5-7-27(25,26)11-13)10-14-9-15(20)2-3-16(14)19/h3-4,11-12,15H,2,5-10,13,22H2,1H3,(H,23,24);5-6,9-10,13,16H,2-4,7-8,11-12,14H2,1H3,(H,22,23);2*3-5,10,15H,6-9,11-12H2,1-2H3,(H,21,22);2-3,8-9,13H,4-7,10-11,20H2,1H3,(H,21,22). The molecule has 10 aromatic rings. The van der Waals surface area contributed by atoms with E-state index < -0.39 is 39.0 Å². The first kappa shape index (κ1) is 105. The van der Waals surface area contributed by atoms with E-state index in [9.17, 15) is 57.8 Å². The molecule has 5 aliphatic rings. The van der Waals surface area contributed by atoms with Crippen molar-refractivity contribution in [3.8, 4) is 0 Å². The number of nitrogens with zero attached hydrogens (tertiary/aromatic N) is 10. The van der Waals surface area contributed by atoms with Crippen molar-refractivity contribution in [2.24, 2.45) is 29.6 Å². The van der Waals surface area contributed by atoms with E-state index in [1.54, 1.807) is 109 Å². The minimum Gasteiger partial charge on any atom is -0.399 e. The molecule has 5 aromatic heterocycles. The Kier molecular flexibility index (Phi) is 37.6. The summed E-state index contributed by atoms with van der Waals surface area (Å²) in [5.41, 5.74) is 24.6. The van der Waals surface area contributed by atoms with E-state index in [0.717, 1.165) is 87.5 Å². The van der Waals surface area contributed by atoms with Crippen LogP contribution in [0.15, 0.2) is 127 Å². The summed E-state index contributed by atoms with van der Waals surface area (Å²) in [5.74, 6) is 6.75. The Morgan fingerprint density at radius 1 is 0.358 bits per heavy atom. The number of rotatable bonds is 30. The van der Waals surface area contributed by atoms with Crippen LogP contribution in [0.4, 0.5) is 15.8 Å². The molecule has 4 aliphatic heterocycles. The van der Waals surface area contributed by atoms with Gasteiger partial charge in [-0.25, -0.2) is 29.6 Å². The number of anilines is 2. The minimum atomic E-state index is -2.94. The highest BCUT2D eigenvalue weighted by molar-refractivity contribution is 8.00. The summed E-state index contributed by atoms with van der Waals surface area (Å²) >= 11 is 25.4. The summed E-state index contributed by atoms with van der Waals surface area (Å²) in [7, 11) is -10.7. The van der Waals surface area contributed by atoms with E-state index in [4.69, 9.17) is 57.9 Å². The summed E-state index contributed by atoms with van der Waals surface area (Å²) in [6, 6.07) is 37.2. The zero-order chi connectivity index (χ0) is 96.8. The number of H-pyrrole nitrogens is 5. The lowest BCUT2D eigenvalue weighted by atomic mass is 9.87. The van der Waals surface area contributed by atoms with E-state index in [1.807, 2.05) is 84.9 Å². The van der Waals surface area contributed by atoms with Gasteiger partial charge in [-0.3, -0.25) is 53.7 Å². The molecule has 3 unspecified atom stereocenters. The molecule has 38 heteroatoms. The molecule has 134 heavy (non-hydrogen) atoms. The fourth-order valence-corrected chi connectivity index (χ4v) is 25.4. The number of hydrogen-bond donors (Lipinski definition) is 7. The van der Waals surface area contributed by atoms with Crippen molar-refractivity contribution in [1.29, 1.82) is 0 Å². The molecule has 5 fully saturated rings. The molecule has 724 valence electrons. The van der Waals surface area contributed by atoms with E-state index in [2.05, 4.69) is 56.9 Å². The molecule has 5 amide bonds. The van der Waals surface area contributed by atoms with Crippen LogP contribution in [0.3, 0.4) is 0 Å². The maximum absolute atomic E-state index is 14.1. The molecule has 3 atom stereocenters. The molecular weight excluding hydrogens is 1870 g/mol. The third-order valence-corrected chi connectivity index (χ3v) is 34.3. The molecule has 1 aliphatic carbocycles. The molecule has 9 N–H and O–H groups in total. The van der Waals surface area contributed by atoms with Crippen LogP contribution >= 0.6 is 46.4 Å². The second kappa shape index (κ2) is 48.2. The number of carbonyl (C=O) groups excluding carboxylic acids is 5. The third-order valence-electron chi connectivity index (χ3n) is 25.0. The number of benzene rings is 5. The molecule has 1 saturated carbocycles. The number of amides is 5. The van der Waals surface area contributed by atoms with Crippen molar-refractivity contribution in [2.75, 3.05) is 90.2 Å². The van der Waals surface area contributed by atoms with Crippen LogP contribution in [0.25, 0.3) is 0 Å². The molecule has 9 heterocycles. The maximum atomic E-state index is 14.1. The number of nitrogens with one attached hydrogen (secondary N) is 5. The highest BCUT2D eigenvalue weighted by atomic mass is 35.5. The summed E-state index contributed by atoms with van der Waals surface area (Å²) < 4.78 is 96.3. The highest BCUT2D eigenvalue weighted by Gasteiger charge is 2.35. The molecule has 0 spiro atoms. The number of aromatic amines is 5. The number of halogens is 5. The number of sulfone groups is 3. The Morgan fingerprint density at radius 3 is 0.925 bits per heavy atom. The Labute approximate surface area is 806 Å². The van der Waals surface area contributed by atoms with Gasteiger partial charge < -0.3 is 36.0 Å². The van der Waals surface area contributed by atoms with Crippen molar-refractivity contribution in [1.82, 2.24) is 75.5 Å². The van der Waals surface area contributed by atoms with E-state index in [0.29, 0.717) is 180 Å². The lowest BCUT2D eigenvalue weighted by Crippen LogP contribution is -2.34. The predicted octanol–water partition coefficient (Wildman–Crippen LogP) is 16.3. The zero-order valence-electron chi connectivity index (χ0n) is 77.1. The molecular formula is C96H124Cl4FN17O12S4. The van der Waals surface area contributed by atoms with Crippen LogP contribution in [0.5, 0.6) is 0 Å². The van der Waals surface area contributed by atoms with Crippen LogP contribution in [0, 0.1) is 83.9 Å². The number of aromatic nitrogens is 10. The van der Waals surface area contributed by atoms with E-state index in [-0.39, 0.29) is 101 Å². The van der Waals surface area contributed by atoms with Crippen LogP contribution in [0.2, 0.25) is 20.1 Å². The first-order valence-corrected chi connectivity index (χ1v) is 54.4. The van der Waals surface area contributed by atoms with Gasteiger partial charge in [0.2, 0.25) is 0 Å². The predicted molar refractivity (Wildman–Crippen MR) is 528 cm³/mol. The topological polar surface area (TPSA) is 416 Å². The zero-order valence-corrected chi connectivity index (χ0v) is 83.4. The van der Waals surface area contributed by atoms with Gasteiger partial charge in [-0.15, -0.1) is 0 Å². The van der Waals surface area contributed by atoms with Gasteiger partial charge in [0.05, 0.1) is 34.5 Å². The van der Waals surface area contributed by atoms with Crippen molar-refractivity contribution in [3.63, 3.8) is 0 Å². The summed E-state index contributed by atoms with van der Waals surface area (Å²) in [5, 5.41) is 36.8. The van der Waals surface area contributed by atoms with Crippen LogP contribution in [0.1, 0.15) is 216 Å². The Hall–Kier alpha value is -9.94. The van der Waals surface area contributed by atoms with Crippen molar-refractivity contribution in [3.05, 3.63) is 249 Å². The maximum Gasteiger partial charge on any atom is 0.274 e. The fourth-order valence-electron chi connectivity index (χ4n) is 17.2. The van der Waals surface area contributed by atoms with Gasteiger partial charge >= 0.3 is 0 Å². The third kappa shape index (κ3) is 31.6. The Balaban J connectivity index is 0.000000161. The summed E-state index contributed by atoms with van der Waals surface area (Å²) in [6.07, 6.45) is 13.9. The van der Waals surface area contributed by atoms with Crippen LogP contribution < -0.4 is 11.5 Å². The van der Waals surface area contributed by atoms with Gasteiger partial charge in [0.25, 0.3) is 29.5 Å². The normalized spacial score (nSPS) is 18.7. The van der Waals surface area contributed by atoms with Crippen molar-refractivity contribution < 1.29 is 57.8 Å². The first-order chi connectivity index (χ1) is 63.6. The quantitative estimate of drug-likeness (QED) is 0.0162. The van der Waals surface area contributed by atoms with Crippen molar-refractivity contribution in [2.45, 2.75) is 178 Å². The van der Waals surface area contributed by atoms with Gasteiger partial charge in [0.1, 0.15) is 34.3 Å². The average molecular weight is 2000 g/mol. The highest BCUT2D eigenvalue weighted by Crippen LogP contribution is 2.34. The second-order valence-electron chi connectivity index (χ2n) is 36.3. The lowest BCUT2D eigenvalue weighted by Gasteiger charge is -2.28. The molecule has 0 radical (unpaired) electrons. The van der Waals surface area contributed by atoms with Crippen LogP contribution in [-0.4, -0.2) is 219 Å². The van der Waals surface area contributed by atoms with Crippen LogP contribution in [-0.2, 0) is 71.8 Å². The van der Waals surface area contributed by atoms with Gasteiger partial charge in [0, 0.05) is 142 Å². The van der Waals surface area contributed by atoms with E-state index >= 15 is 0 Å². The minimum absolute atomic E-state index is 0.0718. The average Bonchev–Trinajstić information content (AvgIpc) is 1.55. The van der Waals surface area contributed by atoms with Gasteiger partial charge in [-0.05, 0) is 264 Å². The van der Waals surface area contributed by atoms with Gasteiger partial charge in [-0.1, -0.05) is 133 Å². The Morgan fingerprint density at radius 2 is 0.634 bits per heavy atom. The summed E-state index contributed by atoms with van der Waals surface area (Å²) in [6.45, 7) is 17.4. The number of carbonyl (C=O) groups is 5. The second-order valence-corrected chi connectivity index (χ2v) is 47.3. The fraction of sp³-hybridized carbons (Fsp3) is 0.469. The number of nitrogens with two attached hydrogens (primary N) is 2. The van der Waals surface area contributed by atoms with Gasteiger partial charge in [-0.2, -0.15) is 25.5 Å². The SMILES string of the molecule is C=S1(=O)CCC(CCN(Cc2cc(N)ccc2Cl)C(=O)c2cc(C)[nH]n2)CC1.Cc1cc(C(=O)N(CCC2CCCCC2)Cc2ccccc2F)n[nH]1.Cc1cc(C(=O)N(CCC2CCS(=O)(=O)C2)Cc2cc(N)ccc2Cl)n[nH]1.Cc1cc(C(=O)N(CCC2CCS(=O)(=O)C2)Cc2cccc(C)c2Cl)n[nH]1.Cc1cc(C(=O)N(CCC2CCS(=O)(=O)C2)Cc2cccc(C)c2Cl)n[nH]1. The molecule has 0 bridgehead atoms. The van der Waals surface area contributed by atoms with E-state index in [1.165, 1.54) is 38.2 Å². The Bertz CT molecular complexity index is 5890. The largest absolute Gasteiger partial charge is 0.399 e. The number of nitrogen functional groups attached to an aromatic ring is 2. The smallest absolute Gasteiger partial charge is 0.274 e. The number of aryl methyl sites for hydroxylation is 7.